The van der Waals surface area contributed by atoms with E-state index in [2.05, 4.69) is 51.2 Å². The molecule has 9 heteroatoms. The summed E-state index contributed by atoms with van der Waals surface area (Å²) in [6, 6.07) is 23.8. The molecule has 0 saturated carbocycles. The topological polar surface area (TPSA) is 98.5 Å². The highest BCUT2D eigenvalue weighted by Gasteiger charge is 2.45. The number of carbonyl (C=O) groups excluding carboxylic acids is 1. The maximum absolute atomic E-state index is 12.6. The van der Waals surface area contributed by atoms with E-state index in [1.165, 1.54) is 24.4 Å². The number of ether oxygens (including phenoxy) is 2. The van der Waals surface area contributed by atoms with Crippen molar-refractivity contribution in [2.45, 2.75) is 41.4 Å². The van der Waals surface area contributed by atoms with Crippen molar-refractivity contribution in [2.24, 2.45) is 0 Å². The van der Waals surface area contributed by atoms with Crippen LogP contribution in [-0.2, 0) is 15.3 Å². The summed E-state index contributed by atoms with van der Waals surface area (Å²) in [5.74, 6) is 1.81. The Labute approximate surface area is 225 Å². The van der Waals surface area contributed by atoms with Gasteiger partial charge in [0, 0.05) is 28.5 Å². The van der Waals surface area contributed by atoms with E-state index >= 15 is 0 Å². The van der Waals surface area contributed by atoms with E-state index in [0.717, 1.165) is 28.1 Å². The van der Waals surface area contributed by atoms with Gasteiger partial charge in [-0.3, -0.25) is 10.1 Å². The number of aromatic nitrogens is 2. The minimum atomic E-state index is -0.395. The SMILES string of the molecule is COC(=O)[C@H]1C[C@H]2c3ccccc3N[C@@H]2[C@@H](c2ccc(OC)c(CSc3nnc(-c4ccccc4)o3)c2)N1. The van der Waals surface area contributed by atoms with Crippen molar-refractivity contribution in [3.05, 3.63) is 89.5 Å². The lowest BCUT2D eigenvalue weighted by molar-refractivity contribution is -0.144. The molecule has 4 atom stereocenters. The van der Waals surface area contributed by atoms with Crippen molar-refractivity contribution in [3.63, 3.8) is 0 Å². The summed E-state index contributed by atoms with van der Waals surface area (Å²) in [6.07, 6.45) is 0.678. The Bertz CT molecular complexity index is 1440. The number of hydrogen-bond acceptors (Lipinski definition) is 9. The maximum atomic E-state index is 12.6. The number of fused-ring (bicyclic) bond motifs is 3. The molecule has 8 nitrogen and oxygen atoms in total. The van der Waals surface area contributed by atoms with E-state index < -0.39 is 6.04 Å². The summed E-state index contributed by atoms with van der Waals surface area (Å²) in [4.78, 5) is 12.6. The fourth-order valence-corrected chi connectivity index (χ4v) is 6.22. The number of nitrogens with one attached hydrogen (secondary N) is 2. The van der Waals surface area contributed by atoms with Gasteiger partial charge in [0.15, 0.2) is 0 Å². The first-order valence-corrected chi connectivity index (χ1v) is 13.5. The first-order valence-electron chi connectivity index (χ1n) is 12.5. The van der Waals surface area contributed by atoms with Crippen molar-refractivity contribution in [3.8, 4) is 17.2 Å². The molecule has 194 valence electrons. The molecule has 1 saturated heterocycles. The van der Waals surface area contributed by atoms with Crippen LogP contribution in [0, 0.1) is 0 Å². The van der Waals surface area contributed by atoms with Crippen LogP contribution in [0.1, 0.15) is 35.1 Å². The third-order valence-electron chi connectivity index (χ3n) is 7.27. The molecule has 2 aliphatic heterocycles. The molecule has 2 N–H and O–H groups in total. The Balaban J connectivity index is 1.26. The predicted molar refractivity (Wildman–Crippen MR) is 145 cm³/mol. The molecule has 1 aromatic heterocycles. The fraction of sp³-hybridized carbons (Fsp3) is 0.276. The number of nitrogens with zero attached hydrogens (tertiary/aromatic N) is 2. The number of rotatable bonds is 7. The normalized spacial score (nSPS) is 21.7. The van der Waals surface area contributed by atoms with E-state index in [4.69, 9.17) is 13.9 Å². The van der Waals surface area contributed by atoms with Crippen LogP contribution < -0.4 is 15.4 Å². The molecule has 3 heterocycles. The number of para-hydroxylation sites is 1. The second-order valence-electron chi connectivity index (χ2n) is 9.42. The van der Waals surface area contributed by atoms with Crippen LogP contribution in [0.2, 0.25) is 0 Å². The highest BCUT2D eigenvalue weighted by Crippen LogP contribution is 2.46. The van der Waals surface area contributed by atoms with Crippen molar-refractivity contribution >= 4 is 23.4 Å². The number of piperidine rings is 1. The van der Waals surface area contributed by atoms with Gasteiger partial charge < -0.3 is 19.2 Å². The Hall–Kier alpha value is -3.82. The van der Waals surface area contributed by atoms with E-state index in [9.17, 15) is 4.79 Å². The number of carbonyl (C=O) groups is 1. The summed E-state index contributed by atoms with van der Waals surface area (Å²) in [7, 11) is 3.11. The third kappa shape index (κ3) is 4.63. The lowest BCUT2D eigenvalue weighted by atomic mass is 9.79. The molecule has 3 aromatic carbocycles. The van der Waals surface area contributed by atoms with Crippen molar-refractivity contribution in [1.29, 1.82) is 0 Å². The van der Waals surface area contributed by atoms with Gasteiger partial charge in [0.25, 0.3) is 5.22 Å². The van der Waals surface area contributed by atoms with E-state index in [0.29, 0.717) is 23.3 Å². The molecule has 1 fully saturated rings. The van der Waals surface area contributed by atoms with Crippen LogP contribution in [0.25, 0.3) is 11.5 Å². The minimum absolute atomic E-state index is 0.103. The molecule has 0 radical (unpaired) electrons. The average Bonchev–Trinajstić information content (AvgIpc) is 3.60. The Morgan fingerprint density at radius 1 is 1.05 bits per heavy atom. The Kier molecular flexibility index (Phi) is 6.78. The number of anilines is 1. The monoisotopic (exact) mass is 528 g/mol. The molecule has 0 amide bonds. The molecule has 4 aromatic rings. The van der Waals surface area contributed by atoms with E-state index in [1.807, 2.05) is 42.5 Å². The zero-order valence-electron chi connectivity index (χ0n) is 21.1. The summed E-state index contributed by atoms with van der Waals surface area (Å²) in [6.45, 7) is 0. The lowest BCUT2D eigenvalue weighted by Crippen LogP contribution is -2.52. The van der Waals surface area contributed by atoms with Crippen LogP contribution in [0.4, 0.5) is 5.69 Å². The molecule has 0 unspecified atom stereocenters. The Morgan fingerprint density at radius 2 is 1.87 bits per heavy atom. The third-order valence-corrected chi connectivity index (χ3v) is 8.14. The lowest BCUT2D eigenvalue weighted by Gasteiger charge is -2.39. The first-order chi connectivity index (χ1) is 18.6. The molecular formula is C29H28N4O4S. The van der Waals surface area contributed by atoms with Gasteiger partial charge in [0.1, 0.15) is 11.8 Å². The molecule has 38 heavy (non-hydrogen) atoms. The quantitative estimate of drug-likeness (QED) is 0.248. The predicted octanol–water partition coefficient (Wildman–Crippen LogP) is 5.19. The molecule has 0 spiro atoms. The summed E-state index contributed by atoms with van der Waals surface area (Å²) >= 11 is 1.46. The van der Waals surface area contributed by atoms with Crippen molar-refractivity contribution in [1.82, 2.24) is 15.5 Å². The maximum Gasteiger partial charge on any atom is 0.322 e. The summed E-state index contributed by atoms with van der Waals surface area (Å²) in [5.41, 5.74) is 5.32. The number of thioether (sulfide) groups is 1. The highest BCUT2D eigenvalue weighted by atomic mass is 32.2. The molecule has 0 bridgehead atoms. The fourth-order valence-electron chi connectivity index (χ4n) is 5.48. The van der Waals surface area contributed by atoms with Crippen LogP contribution in [0.5, 0.6) is 5.75 Å². The number of benzene rings is 3. The first kappa shape index (κ1) is 24.5. The second kappa shape index (κ2) is 10.5. The average molecular weight is 529 g/mol. The zero-order chi connectivity index (χ0) is 26.1. The smallest absolute Gasteiger partial charge is 0.322 e. The van der Waals surface area contributed by atoms with Gasteiger partial charge in [0.05, 0.1) is 26.3 Å². The van der Waals surface area contributed by atoms with Gasteiger partial charge >= 0.3 is 5.97 Å². The van der Waals surface area contributed by atoms with Crippen molar-refractivity contribution in [2.75, 3.05) is 19.5 Å². The van der Waals surface area contributed by atoms with Crippen molar-refractivity contribution < 1.29 is 18.7 Å². The largest absolute Gasteiger partial charge is 0.496 e. The summed E-state index contributed by atoms with van der Waals surface area (Å²) in [5, 5.41) is 16.2. The standard InChI is InChI=1S/C29H28N4O4S/c1-35-24-13-12-18(14-19(24)16-38-29-33-32-27(37-29)17-8-4-3-5-9-17)25-26-21(15-23(31-25)28(34)36-2)20-10-6-7-11-22(20)30-26/h3-14,21,23,25-26,30-31H,15-16H2,1-2H3/t21-,23+,25+,26-/m0/s1. The van der Waals surface area contributed by atoms with Gasteiger partial charge in [-0.05, 0) is 47.9 Å². The van der Waals surface area contributed by atoms with Crippen LogP contribution in [-0.4, -0.2) is 42.5 Å². The summed E-state index contributed by atoms with van der Waals surface area (Å²) < 4.78 is 16.7. The zero-order valence-corrected chi connectivity index (χ0v) is 21.9. The molecular weight excluding hydrogens is 500 g/mol. The van der Waals surface area contributed by atoms with Crippen LogP contribution >= 0.6 is 11.8 Å². The minimum Gasteiger partial charge on any atom is -0.496 e. The van der Waals surface area contributed by atoms with Crippen LogP contribution in [0.3, 0.4) is 0 Å². The van der Waals surface area contributed by atoms with E-state index in [1.54, 1.807) is 7.11 Å². The van der Waals surface area contributed by atoms with Crippen LogP contribution in [0.15, 0.2) is 82.4 Å². The van der Waals surface area contributed by atoms with Gasteiger partial charge in [-0.1, -0.05) is 54.2 Å². The Morgan fingerprint density at radius 3 is 2.68 bits per heavy atom. The van der Waals surface area contributed by atoms with Gasteiger partial charge in [0.2, 0.25) is 5.89 Å². The van der Waals surface area contributed by atoms with E-state index in [-0.39, 0.29) is 24.0 Å². The highest BCUT2D eigenvalue weighted by molar-refractivity contribution is 7.98. The number of esters is 1. The van der Waals surface area contributed by atoms with Gasteiger partial charge in [-0.2, -0.15) is 0 Å². The van der Waals surface area contributed by atoms with Gasteiger partial charge in [-0.25, -0.2) is 0 Å². The second-order valence-corrected chi connectivity index (χ2v) is 10.3. The molecule has 6 rings (SSSR count). The van der Waals surface area contributed by atoms with Gasteiger partial charge in [-0.15, -0.1) is 10.2 Å². The molecule has 2 aliphatic rings. The number of methoxy groups -OCH3 is 2. The molecule has 0 aliphatic carbocycles. The number of hydrogen-bond donors (Lipinski definition) is 2.